The first kappa shape index (κ1) is 10.5. The van der Waals surface area contributed by atoms with E-state index in [1.807, 2.05) is 0 Å². The van der Waals surface area contributed by atoms with E-state index in [2.05, 4.69) is 0 Å². The first-order chi connectivity index (χ1) is 6.43. The molecule has 14 heavy (non-hydrogen) atoms. The Morgan fingerprint density at radius 2 is 2.07 bits per heavy atom. The molecule has 0 fully saturated rings. The molecule has 4 heteroatoms. The highest BCUT2D eigenvalue weighted by Gasteiger charge is 2.19. The SMILES string of the molecule is Cc1cc(F)c(C(C)C(=O)O)cc1O. The van der Waals surface area contributed by atoms with Gasteiger partial charge in [0, 0.05) is 5.56 Å². The van der Waals surface area contributed by atoms with Crippen molar-refractivity contribution in [3.8, 4) is 5.75 Å². The number of aromatic hydroxyl groups is 1. The van der Waals surface area contributed by atoms with Gasteiger partial charge in [-0.1, -0.05) is 0 Å². The second-order valence-corrected chi connectivity index (χ2v) is 3.22. The summed E-state index contributed by atoms with van der Waals surface area (Å²) in [6.07, 6.45) is 0. The number of carbonyl (C=O) groups is 1. The van der Waals surface area contributed by atoms with E-state index in [0.717, 1.165) is 12.1 Å². The fraction of sp³-hybridized carbons (Fsp3) is 0.300. The molecule has 0 saturated heterocycles. The molecule has 2 N–H and O–H groups in total. The Balaban J connectivity index is 3.22. The average molecular weight is 198 g/mol. The molecule has 0 radical (unpaired) electrons. The molecule has 1 aromatic rings. The predicted octanol–water partition coefficient (Wildman–Crippen LogP) is 2.03. The van der Waals surface area contributed by atoms with Gasteiger partial charge in [-0.15, -0.1) is 0 Å². The Labute approximate surface area is 80.8 Å². The zero-order valence-corrected chi connectivity index (χ0v) is 7.91. The van der Waals surface area contributed by atoms with Crippen LogP contribution in [0, 0.1) is 12.7 Å². The van der Waals surface area contributed by atoms with Crippen LogP contribution >= 0.6 is 0 Å². The molecule has 0 aromatic heterocycles. The lowest BCUT2D eigenvalue weighted by Crippen LogP contribution is -2.09. The maximum atomic E-state index is 13.3. The number of benzene rings is 1. The van der Waals surface area contributed by atoms with Crippen molar-refractivity contribution < 1.29 is 19.4 Å². The maximum Gasteiger partial charge on any atom is 0.310 e. The maximum absolute atomic E-state index is 13.3. The van der Waals surface area contributed by atoms with E-state index in [9.17, 15) is 14.3 Å². The van der Waals surface area contributed by atoms with Gasteiger partial charge in [0.05, 0.1) is 5.92 Å². The van der Waals surface area contributed by atoms with E-state index in [0.29, 0.717) is 5.56 Å². The van der Waals surface area contributed by atoms with Crippen molar-refractivity contribution in [2.24, 2.45) is 0 Å². The van der Waals surface area contributed by atoms with Crippen molar-refractivity contribution in [3.63, 3.8) is 0 Å². The van der Waals surface area contributed by atoms with Gasteiger partial charge in [-0.05, 0) is 31.5 Å². The second kappa shape index (κ2) is 3.65. The Hall–Kier alpha value is -1.58. The van der Waals surface area contributed by atoms with Crippen molar-refractivity contribution in [1.29, 1.82) is 0 Å². The molecule has 0 saturated carbocycles. The minimum Gasteiger partial charge on any atom is -0.508 e. The molecule has 1 rings (SSSR count). The van der Waals surface area contributed by atoms with Gasteiger partial charge in [0.2, 0.25) is 0 Å². The van der Waals surface area contributed by atoms with Gasteiger partial charge in [0.1, 0.15) is 11.6 Å². The van der Waals surface area contributed by atoms with Crippen LogP contribution in [0.3, 0.4) is 0 Å². The third-order valence-electron chi connectivity index (χ3n) is 2.15. The molecule has 0 heterocycles. The van der Waals surface area contributed by atoms with Crippen LogP contribution in [0.5, 0.6) is 5.75 Å². The van der Waals surface area contributed by atoms with E-state index < -0.39 is 17.7 Å². The number of carboxylic acid groups (broad SMARTS) is 1. The van der Waals surface area contributed by atoms with Crippen molar-refractivity contribution >= 4 is 5.97 Å². The average Bonchev–Trinajstić information content (AvgIpc) is 2.10. The highest BCUT2D eigenvalue weighted by atomic mass is 19.1. The lowest BCUT2D eigenvalue weighted by molar-refractivity contribution is -0.138. The number of hydrogen-bond acceptors (Lipinski definition) is 2. The van der Waals surface area contributed by atoms with Gasteiger partial charge in [0.15, 0.2) is 0 Å². The first-order valence-electron chi connectivity index (χ1n) is 4.15. The van der Waals surface area contributed by atoms with E-state index in [1.165, 1.54) is 6.92 Å². The molecule has 0 bridgehead atoms. The van der Waals surface area contributed by atoms with Crippen LogP contribution in [0.4, 0.5) is 4.39 Å². The lowest BCUT2D eigenvalue weighted by Gasteiger charge is -2.09. The minimum atomic E-state index is -1.12. The van der Waals surface area contributed by atoms with Crippen molar-refractivity contribution in [2.75, 3.05) is 0 Å². The third kappa shape index (κ3) is 1.84. The number of aryl methyl sites for hydroxylation is 1. The minimum absolute atomic E-state index is 0.000556. The smallest absolute Gasteiger partial charge is 0.310 e. The number of phenolic OH excluding ortho intramolecular Hbond substituents is 1. The quantitative estimate of drug-likeness (QED) is 0.764. The zero-order valence-electron chi connectivity index (χ0n) is 7.91. The first-order valence-corrected chi connectivity index (χ1v) is 4.15. The number of carboxylic acids is 1. The van der Waals surface area contributed by atoms with Crippen LogP contribution in [0.15, 0.2) is 12.1 Å². The number of hydrogen-bond donors (Lipinski definition) is 2. The summed E-state index contributed by atoms with van der Waals surface area (Å²) in [7, 11) is 0. The highest BCUT2D eigenvalue weighted by molar-refractivity contribution is 5.75. The van der Waals surface area contributed by atoms with Gasteiger partial charge in [0.25, 0.3) is 0 Å². The zero-order chi connectivity index (χ0) is 10.9. The normalized spacial score (nSPS) is 12.5. The summed E-state index contributed by atoms with van der Waals surface area (Å²) in [4.78, 5) is 10.6. The van der Waals surface area contributed by atoms with E-state index in [-0.39, 0.29) is 11.3 Å². The fourth-order valence-electron chi connectivity index (χ4n) is 1.14. The molecule has 1 aromatic carbocycles. The molecule has 0 aliphatic rings. The molecule has 0 amide bonds. The van der Waals surface area contributed by atoms with Gasteiger partial charge in [-0.25, -0.2) is 4.39 Å². The van der Waals surface area contributed by atoms with Crippen LogP contribution in [-0.4, -0.2) is 16.2 Å². The van der Waals surface area contributed by atoms with Crippen molar-refractivity contribution in [3.05, 3.63) is 29.1 Å². The Kier molecular flexibility index (Phi) is 2.74. The Morgan fingerprint density at radius 3 is 2.57 bits per heavy atom. The van der Waals surface area contributed by atoms with Gasteiger partial charge in [-0.3, -0.25) is 4.79 Å². The summed E-state index contributed by atoms with van der Waals surface area (Å²) < 4.78 is 13.3. The monoisotopic (exact) mass is 198 g/mol. The molecule has 1 unspecified atom stereocenters. The standard InChI is InChI=1S/C10H11FO3/c1-5-3-8(11)7(4-9(5)12)6(2)10(13)14/h3-4,6,12H,1-2H3,(H,13,14). The number of rotatable bonds is 2. The fourth-order valence-corrected chi connectivity index (χ4v) is 1.14. The largest absolute Gasteiger partial charge is 0.508 e. The van der Waals surface area contributed by atoms with Crippen LogP contribution in [0.1, 0.15) is 24.0 Å². The highest BCUT2D eigenvalue weighted by Crippen LogP contribution is 2.26. The van der Waals surface area contributed by atoms with Crippen LogP contribution in [0.2, 0.25) is 0 Å². The third-order valence-corrected chi connectivity index (χ3v) is 2.15. The number of halogens is 1. The Morgan fingerprint density at radius 1 is 1.50 bits per heavy atom. The van der Waals surface area contributed by atoms with Crippen LogP contribution in [-0.2, 0) is 4.79 Å². The van der Waals surface area contributed by atoms with Crippen molar-refractivity contribution in [1.82, 2.24) is 0 Å². The van der Waals surface area contributed by atoms with Gasteiger partial charge < -0.3 is 10.2 Å². The summed E-state index contributed by atoms with van der Waals surface area (Å²) in [6, 6.07) is 2.29. The molecule has 76 valence electrons. The molecule has 0 aliphatic heterocycles. The van der Waals surface area contributed by atoms with E-state index in [1.54, 1.807) is 6.92 Å². The van der Waals surface area contributed by atoms with E-state index >= 15 is 0 Å². The van der Waals surface area contributed by atoms with Gasteiger partial charge >= 0.3 is 5.97 Å². The summed E-state index contributed by atoms with van der Waals surface area (Å²) in [5.41, 5.74) is 0.393. The van der Waals surface area contributed by atoms with Crippen LogP contribution in [0.25, 0.3) is 0 Å². The topological polar surface area (TPSA) is 57.5 Å². The molecular formula is C10H11FO3. The molecule has 1 atom stereocenters. The summed E-state index contributed by atoms with van der Waals surface area (Å²) >= 11 is 0. The predicted molar refractivity (Wildman–Crippen MR) is 48.9 cm³/mol. The summed E-state index contributed by atoms with van der Waals surface area (Å²) in [5, 5.41) is 18.0. The second-order valence-electron chi connectivity index (χ2n) is 3.22. The van der Waals surface area contributed by atoms with Crippen molar-refractivity contribution in [2.45, 2.75) is 19.8 Å². The molecule has 0 spiro atoms. The number of phenols is 1. The molecular weight excluding hydrogens is 187 g/mol. The lowest BCUT2D eigenvalue weighted by atomic mass is 9.99. The molecule has 0 aliphatic carbocycles. The molecule has 3 nitrogen and oxygen atoms in total. The summed E-state index contributed by atoms with van der Waals surface area (Å²) in [5.74, 6) is -2.77. The van der Waals surface area contributed by atoms with Crippen LogP contribution < -0.4 is 0 Å². The Bertz CT molecular complexity index is 374. The van der Waals surface area contributed by atoms with E-state index in [4.69, 9.17) is 5.11 Å². The number of aliphatic carboxylic acids is 1. The summed E-state index contributed by atoms with van der Waals surface area (Å²) in [6.45, 7) is 2.92. The van der Waals surface area contributed by atoms with Gasteiger partial charge in [-0.2, -0.15) is 0 Å².